The van der Waals surface area contributed by atoms with Crippen LogP contribution in [0.2, 0.25) is 0 Å². The molecule has 0 amide bonds. The molecule has 0 spiro atoms. The summed E-state index contributed by atoms with van der Waals surface area (Å²) in [6, 6.07) is 0. The minimum absolute atomic E-state index is 0.0826. The van der Waals surface area contributed by atoms with Gasteiger partial charge in [0.15, 0.2) is 6.10 Å². The van der Waals surface area contributed by atoms with Crippen LogP contribution in [0.25, 0.3) is 0 Å². The molecule has 6 nitrogen and oxygen atoms in total. The smallest absolute Gasteiger partial charge is 0.306 e. The van der Waals surface area contributed by atoms with Crippen LogP contribution in [0, 0.1) is 0 Å². The highest BCUT2D eigenvalue weighted by Gasteiger charge is 2.19. The highest BCUT2D eigenvalue weighted by atomic mass is 16.6. The van der Waals surface area contributed by atoms with Gasteiger partial charge in [0.05, 0.1) is 0 Å². The van der Waals surface area contributed by atoms with Crippen LogP contribution in [0.1, 0.15) is 316 Å². The van der Waals surface area contributed by atoms with Crippen LogP contribution in [0.3, 0.4) is 0 Å². The first-order chi connectivity index (χ1) is 36.0. The van der Waals surface area contributed by atoms with Gasteiger partial charge in [-0.25, -0.2) is 0 Å². The van der Waals surface area contributed by atoms with Crippen LogP contribution >= 0.6 is 0 Å². The minimum atomic E-state index is -0.785. The predicted octanol–water partition coefficient (Wildman–Crippen LogP) is 21.3. The molecule has 0 heterocycles. The molecule has 0 bridgehead atoms. The molecule has 1 unspecified atom stereocenters. The zero-order valence-electron chi connectivity index (χ0n) is 48.4. The Balaban J connectivity index is 4.35. The Bertz CT molecular complexity index is 1360. The molecule has 6 heteroatoms. The number of hydrogen-bond acceptors (Lipinski definition) is 6. The largest absolute Gasteiger partial charge is 0.462 e. The maximum Gasteiger partial charge on any atom is 0.306 e. The van der Waals surface area contributed by atoms with Gasteiger partial charge in [0, 0.05) is 19.3 Å². The van der Waals surface area contributed by atoms with Crippen molar-refractivity contribution in [2.75, 3.05) is 13.2 Å². The van der Waals surface area contributed by atoms with Crippen LogP contribution < -0.4 is 0 Å². The second kappa shape index (κ2) is 61.4. The fourth-order valence-corrected chi connectivity index (χ4v) is 8.89. The van der Waals surface area contributed by atoms with Crippen molar-refractivity contribution in [3.63, 3.8) is 0 Å². The van der Waals surface area contributed by atoms with E-state index in [0.717, 1.165) is 89.9 Å². The van der Waals surface area contributed by atoms with E-state index in [1.807, 2.05) is 0 Å². The van der Waals surface area contributed by atoms with Crippen molar-refractivity contribution >= 4 is 17.9 Å². The number of ether oxygens (including phenoxy) is 3. The lowest BCUT2D eigenvalue weighted by atomic mass is 10.1. The topological polar surface area (TPSA) is 78.9 Å². The number of esters is 3. The third kappa shape index (κ3) is 59.6. The number of hydrogen-bond donors (Lipinski definition) is 0. The minimum Gasteiger partial charge on any atom is -0.462 e. The number of unbranched alkanes of at least 4 members (excludes halogenated alkanes) is 34. The maximum atomic E-state index is 12.9. The number of allylic oxidation sites excluding steroid dienone is 12. The van der Waals surface area contributed by atoms with Gasteiger partial charge < -0.3 is 14.2 Å². The monoisotopic (exact) mass is 1020 g/mol. The van der Waals surface area contributed by atoms with Gasteiger partial charge in [-0.15, -0.1) is 0 Å². The SMILES string of the molecule is CCCCC/C=C\C/C=C\CCCCCCCCCCCC(=O)OC(COC(=O)CCCCCCC/C=C\CCCCCC)COC(=O)CCCCCCCCCC/C=C\C/C=C\C/C=C\CCCCCCC. The van der Waals surface area contributed by atoms with Crippen LogP contribution in [-0.4, -0.2) is 37.2 Å². The van der Waals surface area contributed by atoms with E-state index in [4.69, 9.17) is 14.2 Å². The summed E-state index contributed by atoms with van der Waals surface area (Å²) in [6.07, 6.45) is 78.9. The Kier molecular flexibility index (Phi) is 58.7. The lowest BCUT2D eigenvalue weighted by Crippen LogP contribution is -2.30. The van der Waals surface area contributed by atoms with Gasteiger partial charge >= 0.3 is 17.9 Å². The van der Waals surface area contributed by atoms with Crippen molar-refractivity contribution in [2.45, 2.75) is 322 Å². The molecule has 0 radical (unpaired) electrons. The van der Waals surface area contributed by atoms with Crippen molar-refractivity contribution in [2.24, 2.45) is 0 Å². The van der Waals surface area contributed by atoms with E-state index in [1.54, 1.807) is 0 Å². The zero-order chi connectivity index (χ0) is 52.9. The standard InChI is InChI=1S/C67H118O6/c1-4-7-10-13-16-19-22-25-27-29-31-32-33-34-36-37-39-42-45-48-51-54-57-60-66(69)72-63-64(62-71-65(68)59-56-53-50-47-44-41-24-21-18-15-12-9-6-3)73-67(70)61-58-55-52-49-46-43-40-38-35-30-28-26-23-20-17-14-11-8-5-2/h17,20-22,24-26,28-29,31,33-34,64H,4-16,18-19,23,27,30,32,35-63H2,1-3H3/b20-17-,24-21-,25-22-,28-26-,31-29-,34-33-. The lowest BCUT2D eigenvalue weighted by Gasteiger charge is -2.18. The molecule has 0 aliphatic heterocycles. The Morgan fingerprint density at radius 2 is 0.493 bits per heavy atom. The summed E-state index contributed by atoms with van der Waals surface area (Å²) in [5, 5.41) is 0. The first-order valence-corrected chi connectivity index (χ1v) is 31.4. The molecule has 0 fully saturated rings. The summed E-state index contributed by atoms with van der Waals surface area (Å²) in [7, 11) is 0. The number of carbonyl (C=O) groups excluding carboxylic acids is 3. The lowest BCUT2D eigenvalue weighted by molar-refractivity contribution is -0.167. The highest BCUT2D eigenvalue weighted by molar-refractivity contribution is 5.71. The molecule has 0 aliphatic carbocycles. The fraction of sp³-hybridized carbons (Fsp3) is 0.776. The van der Waals surface area contributed by atoms with Gasteiger partial charge in [-0.05, 0) is 116 Å². The predicted molar refractivity (Wildman–Crippen MR) is 316 cm³/mol. The molecule has 0 saturated heterocycles. The Labute approximate surface area is 453 Å². The molecule has 0 saturated carbocycles. The maximum absolute atomic E-state index is 12.9. The third-order valence-electron chi connectivity index (χ3n) is 13.7. The number of carbonyl (C=O) groups is 3. The average Bonchev–Trinajstić information content (AvgIpc) is 3.39. The van der Waals surface area contributed by atoms with Crippen LogP contribution in [0.4, 0.5) is 0 Å². The van der Waals surface area contributed by atoms with Crippen molar-refractivity contribution in [1.82, 2.24) is 0 Å². The van der Waals surface area contributed by atoms with Gasteiger partial charge in [-0.3, -0.25) is 14.4 Å². The molecule has 73 heavy (non-hydrogen) atoms. The molecule has 0 N–H and O–H groups in total. The van der Waals surface area contributed by atoms with Gasteiger partial charge in [0.1, 0.15) is 13.2 Å². The Hall–Kier alpha value is -3.15. The first kappa shape index (κ1) is 69.8. The fourth-order valence-electron chi connectivity index (χ4n) is 8.89. The van der Waals surface area contributed by atoms with Gasteiger partial charge in [0.2, 0.25) is 0 Å². The van der Waals surface area contributed by atoms with Crippen molar-refractivity contribution in [3.05, 3.63) is 72.9 Å². The molecule has 0 aromatic carbocycles. The Morgan fingerprint density at radius 3 is 0.822 bits per heavy atom. The second-order valence-corrected chi connectivity index (χ2v) is 21.0. The molecule has 0 aromatic heterocycles. The van der Waals surface area contributed by atoms with Crippen LogP contribution in [-0.2, 0) is 28.6 Å². The number of rotatable bonds is 57. The first-order valence-electron chi connectivity index (χ1n) is 31.4. The van der Waals surface area contributed by atoms with E-state index >= 15 is 0 Å². The second-order valence-electron chi connectivity index (χ2n) is 21.0. The normalized spacial score (nSPS) is 12.5. The molecular formula is C67H118O6. The quantitative estimate of drug-likeness (QED) is 0.0261. The Morgan fingerprint density at radius 1 is 0.274 bits per heavy atom. The van der Waals surface area contributed by atoms with E-state index in [2.05, 4.69) is 93.7 Å². The van der Waals surface area contributed by atoms with Gasteiger partial charge in [-0.2, -0.15) is 0 Å². The summed E-state index contributed by atoms with van der Waals surface area (Å²) < 4.78 is 16.9. The van der Waals surface area contributed by atoms with E-state index < -0.39 is 6.10 Å². The summed E-state index contributed by atoms with van der Waals surface area (Å²) in [5.74, 6) is -0.890. The van der Waals surface area contributed by atoms with Crippen LogP contribution in [0.5, 0.6) is 0 Å². The molecule has 0 rings (SSSR count). The van der Waals surface area contributed by atoms with E-state index in [9.17, 15) is 14.4 Å². The average molecular weight is 1020 g/mol. The van der Waals surface area contributed by atoms with Crippen molar-refractivity contribution in [1.29, 1.82) is 0 Å². The molecule has 1 atom stereocenters. The van der Waals surface area contributed by atoms with E-state index in [0.29, 0.717) is 19.3 Å². The van der Waals surface area contributed by atoms with Gasteiger partial charge in [0.25, 0.3) is 0 Å². The summed E-state index contributed by atoms with van der Waals surface area (Å²) >= 11 is 0. The molecule has 0 aliphatic rings. The molecule has 0 aromatic rings. The van der Waals surface area contributed by atoms with Gasteiger partial charge in [-0.1, -0.05) is 254 Å². The summed E-state index contributed by atoms with van der Waals surface area (Å²) in [5.41, 5.74) is 0. The highest BCUT2D eigenvalue weighted by Crippen LogP contribution is 2.16. The summed E-state index contributed by atoms with van der Waals surface area (Å²) in [6.45, 7) is 6.60. The van der Waals surface area contributed by atoms with Crippen molar-refractivity contribution in [3.8, 4) is 0 Å². The summed E-state index contributed by atoms with van der Waals surface area (Å²) in [4.78, 5) is 38.3. The van der Waals surface area contributed by atoms with Crippen LogP contribution in [0.15, 0.2) is 72.9 Å². The van der Waals surface area contributed by atoms with E-state index in [1.165, 1.54) is 186 Å². The van der Waals surface area contributed by atoms with Crippen molar-refractivity contribution < 1.29 is 28.6 Å². The van der Waals surface area contributed by atoms with E-state index in [-0.39, 0.29) is 31.1 Å². The molecular weight excluding hydrogens is 901 g/mol. The molecule has 422 valence electrons. The zero-order valence-corrected chi connectivity index (χ0v) is 48.4. The third-order valence-corrected chi connectivity index (χ3v) is 13.7.